The van der Waals surface area contributed by atoms with Crippen LogP contribution in [0.1, 0.15) is 233 Å². The summed E-state index contributed by atoms with van der Waals surface area (Å²) < 4.78 is 21.2. The predicted octanol–water partition coefficient (Wildman–Crippen LogP) is 16.7. The lowest BCUT2D eigenvalue weighted by Gasteiger charge is -2.38. The molecular weight excluding hydrogens is 1780 g/mol. The van der Waals surface area contributed by atoms with E-state index in [0.29, 0.717) is 90.5 Å². The molecule has 4 fully saturated rings. The fourth-order valence-corrected chi connectivity index (χ4v) is 16.9. The molecule has 4 saturated heterocycles. The van der Waals surface area contributed by atoms with Crippen LogP contribution in [-0.4, -0.2) is 235 Å². The lowest BCUT2D eigenvalue weighted by atomic mass is 9.97. The Balaban J connectivity index is 0.000000202. The second-order valence-electron chi connectivity index (χ2n) is 34.5. The second-order valence-corrected chi connectivity index (χ2v) is 35.2. The van der Waals surface area contributed by atoms with Crippen molar-refractivity contribution in [1.29, 1.82) is 0 Å². The number of amides is 4. The highest BCUT2D eigenvalue weighted by atomic mass is 35.5. The van der Waals surface area contributed by atoms with Crippen molar-refractivity contribution in [3.8, 4) is 46.0 Å². The molecule has 8 heterocycles. The lowest BCUT2D eigenvalue weighted by molar-refractivity contribution is -0.142. The van der Waals surface area contributed by atoms with E-state index in [0.717, 1.165) is 160 Å². The van der Waals surface area contributed by atoms with Crippen molar-refractivity contribution < 1.29 is 118 Å². The van der Waals surface area contributed by atoms with Gasteiger partial charge < -0.3 is 98.7 Å². The number of likely N-dealkylation sites (tertiary alicyclic amines) is 4. The molecule has 8 aliphatic rings. The van der Waals surface area contributed by atoms with Gasteiger partial charge in [0.05, 0.1) is 59.3 Å². The maximum absolute atomic E-state index is 12.8. The standard InChI is InChI=1S/C26H33ClN2O6.C25H31ClN2O6.2C25H32N2O6/c1-17-10-9-11-18(2)29(17)23(32)16-35-28-19-12-7-5-3-4-6-8-13-34-26(33)24-20(14-19)25(27)22(31)15-21(24)30;1-17-9-8-11-28(15-17)22(31)16-34-27-18-10-6-4-2-3-5-7-12-33-25(32)23-19(13-18)24(26)21(30)14-20(23)29;2*1-18-9-8-11-27(16-18)23(30)17-33-26-20-10-6-4-2-3-5-7-12-32-25(31)24-19(13-20)14-21(28)15-22(24)29/h4,6-7,12,15,17-18,30-31H,3,5,8-11,13-14,16H2,1-2H3;3,5-6,10,14,17,29-30H,2,4,7-9,11-13,15-16H2,1H3;2*3,5-6,10,14-15,18,28-29H,2,4,7-9,11-13,16-17H2,1H3/b6-4+,12-7+,28-19-;5-3+,10-6+,27-18+;5-3+,10-6+,26-20+;5-3+,10-6+,26-20-. The second kappa shape index (κ2) is 55.9. The van der Waals surface area contributed by atoms with Gasteiger partial charge in [-0.15, -0.1) is 0 Å². The van der Waals surface area contributed by atoms with E-state index in [4.69, 9.17) is 61.5 Å². The van der Waals surface area contributed by atoms with Gasteiger partial charge in [0, 0.05) is 101 Å². The van der Waals surface area contributed by atoms with Crippen molar-refractivity contribution in [2.75, 3.05) is 92.1 Å². The number of rotatable bonds is 12. The Morgan fingerprint density at radius 2 is 0.615 bits per heavy atom. The molecule has 32 nitrogen and oxygen atoms in total. The summed E-state index contributed by atoms with van der Waals surface area (Å²) in [5.74, 6) is -4.65. The molecular formula is C101H128Cl2N8O24. The zero-order chi connectivity index (χ0) is 97.1. The predicted molar refractivity (Wildman–Crippen MR) is 512 cm³/mol. The van der Waals surface area contributed by atoms with Gasteiger partial charge in [-0.25, -0.2) is 19.2 Å². The first-order valence-electron chi connectivity index (χ1n) is 46.4. The summed E-state index contributed by atoms with van der Waals surface area (Å²) in [6, 6.07) is 7.30. The number of aromatic hydroxyl groups is 8. The van der Waals surface area contributed by atoms with E-state index in [9.17, 15) is 79.2 Å². The van der Waals surface area contributed by atoms with Crippen molar-refractivity contribution in [3.63, 3.8) is 0 Å². The van der Waals surface area contributed by atoms with Crippen LogP contribution >= 0.6 is 23.2 Å². The highest BCUT2D eigenvalue weighted by Crippen LogP contribution is 2.40. The number of fused-ring (bicyclic) bond motifs is 4. The smallest absolute Gasteiger partial charge is 0.342 e. The van der Waals surface area contributed by atoms with Gasteiger partial charge in [0.15, 0.2) is 26.4 Å². The zero-order valence-corrected chi connectivity index (χ0v) is 79.1. The Hall–Kier alpha value is -12.6. The molecule has 4 aromatic carbocycles. The third-order valence-corrected chi connectivity index (χ3v) is 24.1. The van der Waals surface area contributed by atoms with Crippen molar-refractivity contribution in [3.05, 3.63) is 188 Å². The first kappa shape index (κ1) is 106. The van der Waals surface area contributed by atoms with Gasteiger partial charge in [-0.1, -0.05) is 138 Å². The SMILES string of the molecule is CC1CCCC(C)N1C(=O)CO/N=C1/C=C/CC/C=C/CCOC(=O)c2c(O)cc(O)c(Cl)c2C1.CC1CCCN(C(=O)CO/N=C2/C=C/CC/C=C/CCOC(=O)c3c(O)cc(O)cc3C2)C1.CC1CCCN(C(=O)CO/N=C2\C=C\CC/C=C/CCOC(=O)c3c(O)cc(O)c(Cl)c3C2)C1.CC1CCCN(C(=O)CO/N=C2\C=C\CC/C=C/CCOC(=O)c3c(O)cc(O)cc3C2)C1. The largest absolute Gasteiger partial charge is 0.508 e. The Morgan fingerprint density at radius 1 is 0.341 bits per heavy atom. The summed E-state index contributed by atoms with van der Waals surface area (Å²) in [6.07, 6.45) is 48.4. The average Bonchev–Trinajstić information content (AvgIpc) is 0.777. The first-order chi connectivity index (χ1) is 65.0. The van der Waals surface area contributed by atoms with Crippen molar-refractivity contribution in [1.82, 2.24) is 19.6 Å². The molecule has 4 aromatic rings. The molecule has 4 amide bonds. The van der Waals surface area contributed by atoms with E-state index in [1.807, 2.05) is 91.7 Å². The molecule has 135 heavy (non-hydrogen) atoms. The third kappa shape index (κ3) is 34.7. The Morgan fingerprint density at radius 3 is 0.926 bits per heavy atom. The number of phenols is 8. The molecule has 0 aliphatic carbocycles. The quantitative estimate of drug-likeness (QED) is 0.0283. The Labute approximate surface area is 798 Å². The summed E-state index contributed by atoms with van der Waals surface area (Å²) in [7, 11) is 0. The minimum Gasteiger partial charge on any atom is -0.508 e. The van der Waals surface area contributed by atoms with Crippen LogP contribution in [0, 0.1) is 17.8 Å². The van der Waals surface area contributed by atoms with E-state index in [1.165, 1.54) is 12.1 Å². The normalized spacial score (nSPS) is 23.5. The van der Waals surface area contributed by atoms with Gasteiger partial charge in [-0.3, -0.25) is 19.2 Å². The van der Waals surface area contributed by atoms with Gasteiger partial charge in [-0.05, 0) is 225 Å². The molecule has 5 atom stereocenters. The maximum atomic E-state index is 12.8. The number of carbonyl (C=O) groups is 8. The van der Waals surface area contributed by atoms with Gasteiger partial charge in [0.2, 0.25) is 0 Å². The van der Waals surface area contributed by atoms with Crippen LogP contribution in [0.2, 0.25) is 10.0 Å². The molecule has 0 bridgehead atoms. The van der Waals surface area contributed by atoms with Gasteiger partial charge in [-0.2, -0.15) is 0 Å². The van der Waals surface area contributed by atoms with Crippen molar-refractivity contribution in [2.24, 2.45) is 38.4 Å². The summed E-state index contributed by atoms with van der Waals surface area (Å²) in [4.78, 5) is 130. The molecule has 12 rings (SSSR count). The maximum Gasteiger partial charge on any atom is 0.342 e. The molecule has 34 heteroatoms. The number of carbonyl (C=O) groups excluding carboxylic acids is 8. The molecule has 0 aromatic heterocycles. The fraction of sp³-hybridized carbons (Fsp3) is 0.485. The van der Waals surface area contributed by atoms with E-state index < -0.39 is 35.4 Å². The number of piperidine rings is 4. The number of nitrogens with zero attached hydrogens (tertiary/aromatic N) is 8. The molecule has 0 spiro atoms. The van der Waals surface area contributed by atoms with Crippen molar-refractivity contribution in [2.45, 2.75) is 207 Å². The highest BCUT2D eigenvalue weighted by molar-refractivity contribution is 6.34. The van der Waals surface area contributed by atoms with Crippen LogP contribution in [0.5, 0.6) is 46.0 Å². The highest BCUT2D eigenvalue weighted by Gasteiger charge is 2.33. The van der Waals surface area contributed by atoms with Crippen molar-refractivity contribution >= 4 is 93.6 Å². The molecule has 8 aliphatic heterocycles. The minimum absolute atomic E-state index is 0.0201. The monoisotopic (exact) mass is 1910 g/mol. The summed E-state index contributed by atoms with van der Waals surface area (Å²) >= 11 is 12.6. The van der Waals surface area contributed by atoms with Crippen LogP contribution in [0.3, 0.4) is 0 Å². The Bertz CT molecular complexity index is 4970. The van der Waals surface area contributed by atoms with Gasteiger partial charge >= 0.3 is 23.9 Å². The van der Waals surface area contributed by atoms with Gasteiger partial charge in [0.25, 0.3) is 23.6 Å². The van der Waals surface area contributed by atoms with Crippen LogP contribution in [0.15, 0.2) is 154 Å². The molecule has 0 saturated carbocycles. The number of phenolic OH excluding ortho intramolecular Hbond substituents is 8. The molecule has 0 radical (unpaired) electrons. The third-order valence-electron chi connectivity index (χ3n) is 23.3. The average molecular weight is 1910 g/mol. The topological polar surface area (TPSA) is 435 Å². The zero-order valence-electron chi connectivity index (χ0n) is 77.6. The summed E-state index contributed by atoms with van der Waals surface area (Å²) in [5, 5.41) is 97.9. The number of allylic oxidation sites excluding steroid dienone is 12. The number of hydrogen-bond donors (Lipinski definition) is 8. The number of ether oxygens (including phenoxy) is 4. The van der Waals surface area contributed by atoms with E-state index in [1.54, 1.807) is 39.0 Å². The number of esters is 4. The number of halogens is 2. The van der Waals surface area contributed by atoms with Crippen LogP contribution < -0.4 is 0 Å². The van der Waals surface area contributed by atoms with Gasteiger partial charge in [0.1, 0.15) is 68.2 Å². The van der Waals surface area contributed by atoms with Crippen LogP contribution in [0.25, 0.3) is 0 Å². The molecule has 8 N–H and O–H groups in total. The van der Waals surface area contributed by atoms with E-state index in [-0.39, 0.29) is 192 Å². The summed E-state index contributed by atoms with van der Waals surface area (Å²) in [6.45, 7) is 14.6. The fourth-order valence-electron chi connectivity index (χ4n) is 16.4. The van der Waals surface area contributed by atoms with Crippen LogP contribution in [0.4, 0.5) is 0 Å². The van der Waals surface area contributed by atoms with Crippen LogP contribution in [-0.2, 0) is 83.2 Å². The van der Waals surface area contributed by atoms with E-state index >= 15 is 0 Å². The molecule has 730 valence electrons. The number of cyclic esters (lactones) is 4. The number of benzene rings is 4. The number of hydrogen-bond acceptors (Lipinski definition) is 28. The van der Waals surface area contributed by atoms with E-state index in [2.05, 4.69) is 41.4 Å². The lowest BCUT2D eigenvalue weighted by Crippen LogP contribution is -2.48. The summed E-state index contributed by atoms with van der Waals surface area (Å²) in [5.41, 5.74) is 2.39. The first-order valence-corrected chi connectivity index (χ1v) is 47.2. The molecule has 5 unspecified atom stereocenters. The number of oxime groups is 4. The Kier molecular flexibility index (Phi) is 44.0. The minimum atomic E-state index is -0.752.